The number of benzene rings is 2. The van der Waals surface area contributed by atoms with Crippen LogP contribution in [0.3, 0.4) is 0 Å². The highest BCUT2D eigenvalue weighted by atomic mass is 35.5. The Morgan fingerprint density at radius 2 is 1.81 bits per heavy atom. The van der Waals surface area contributed by atoms with E-state index >= 15 is 0 Å². The van der Waals surface area contributed by atoms with Gasteiger partial charge in [0.25, 0.3) is 5.56 Å². The predicted molar refractivity (Wildman–Crippen MR) is 126 cm³/mol. The summed E-state index contributed by atoms with van der Waals surface area (Å²) in [5, 5.41) is 3.63. The summed E-state index contributed by atoms with van der Waals surface area (Å²) in [6.45, 7) is 5.60. The molecular formula is C23H20ClN3O3S. The number of carbonyl (C=O) groups is 1. The van der Waals surface area contributed by atoms with Gasteiger partial charge >= 0.3 is 5.69 Å². The van der Waals surface area contributed by atoms with Gasteiger partial charge in [-0.2, -0.15) is 0 Å². The number of hydrogen-bond donors (Lipinski definition) is 1. The summed E-state index contributed by atoms with van der Waals surface area (Å²) in [7, 11) is 0. The van der Waals surface area contributed by atoms with Gasteiger partial charge in [0.15, 0.2) is 0 Å². The summed E-state index contributed by atoms with van der Waals surface area (Å²) < 4.78 is 2.40. The number of anilines is 1. The number of thiophene rings is 1. The molecule has 6 nitrogen and oxygen atoms in total. The van der Waals surface area contributed by atoms with Crippen molar-refractivity contribution in [1.29, 1.82) is 0 Å². The fraction of sp³-hybridized carbons (Fsp3) is 0.174. The van der Waals surface area contributed by atoms with Crippen molar-refractivity contribution in [3.05, 3.63) is 90.4 Å². The van der Waals surface area contributed by atoms with Crippen LogP contribution in [0.25, 0.3) is 15.9 Å². The zero-order valence-electron chi connectivity index (χ0n) is 17.2. The fourth-order valence-electron chi connectivity index (χ4n) is 3.42. The van der Waals surface area contributed by atoms with Crippen molar-refractivity contribution >= 4 is 44.7 Å². The lowest BCUT2D eigenvalue weighted by atomic mass is 10.1. The van der Waals surface area contributed by atoms with Crippen LogP contribution >= 0.6 is 22.9 Å². The highest BCUT2D eigenvalue weighted by Gasteiger charge is 2.19. The smallest absolute Gasteiger partial charge is 0.325 e. The third kappa shape index (κ3) is 4.06. The first-order valence-corrected chi connectivity index (χ1v) is 10.8. The Labute approximate surface area is 187 Å². The van der Waals surface area contributed by atoms with Gasteiger partial charge in [-0.25, -0.2) is 9.36 Å². The molecule has 0 aliphatic heterocycles. The molecule has 0 unspecified atom stereocenters. The number of nitrogens with one attached hydrogen (secondary N) is 1. The van der Waals surface area contributed by atoms with E-state index in [2.05, 4.69) is 5.32 Å². The van der Waals surface area contributed by atoms with Gasteiger partial charge in [-0.3, -0.25) is 14.2 Å². The molecule has 8 heteroatoms. The lowest BCUT2D eigenvalue weighted by Gasteiger charge is -2.13. The first kappa shape index (κ1) is 21.1. The number of halogens is 1. The van der Waals surface area contributed by atoms with E-state index in [1.807, 2.05) is 39.0 Å². The van der Waals surface area contributed by atoms with Crippen molar-refractivity contribution in [1.82, 2.24) is 9.13 Å². The lowest BCUT2D eigenvalue weighted by molar-refractivity contribution is -0.116. The highest BCUT2D eigenvalue weighted by molar-refractivity contribution is 7.18. The van der Waals surface area contributed by atoms with Gasteiger partial charge in [0.2, 0.25) is 5.91 Å². The van der Waals surface area contributed by atoms with Gasteiger partial charge in [-0.05, 0) is 68.3 Å². The number of aryl methyl sites for hydroxylation is 3. The summed E-state index contributed by atoms with van der Waals surface area (Å²) in [4.78, 5) is 40.5. The van der Waals surface area contributed by atoms with Crippen LogP contribution in [0.1, 0.15) is 16.0 Å². The average Bonchev–Trinajstić information content (AvgIpc) is 3.10. The first-order valence-electron chi connectivity index (χ1n) is 9.63. The zero-order valence-corrected chi connectivity index (χ0v) is 18.8. The second-order valence-corrected chi connectivity index (χ2v) is 9.08. The predicted octanol–water partition coefficient (Wildman–Crippen LogP) is 4.43. The van der Waals surface area contributed by atoms with Crippen LogP contribution in [0.4, 0.5) is 5.69 Å². The molecule has 0 saturated carbocycles. The molecule has 158 valence electrons. The lowest BCUT2D eigenvalue weighted by Crippen LogP contribution is -2.40. The van der Waals surface area contributed by atoms with E-state index in [-0.39, 0.29) is 12.5 Å². The second kappa shape index (κ2) is 8.17. The molecule has 0 radical (unpaired) electrons. The minimum Gasteiger partial charge on any atom is -0.325 e. The van der Waals surface area contributed by atoms with Gasteiger partial charge in [0, 0.05) is 15.6 Å². The number of amides is 1. The van der Waals surface area contributed by atoms with E-state index in [0.29, 0.717) is 26.6 Å². The van der Waals surface area contributed by atoms with Crippen LogP contribution in [0.5, 0.6) is 0 Å². The van der Waals surface area contributed by atoms with E-state index < -0.39 is 11.2 Å². The fourth-order valence-corrected chi connectivity index (χ4v) is 4.59. The van der Waals surface area contributed by atoms with Crippen molar-refractivity contribution in [2.24, 2.45) is 0 Å². The highest BCUT2D eigenvalue weighted by Crippen LogP contribution is 2.22. The number of fused-ring (bicyclic) bond motifs is 1. The SMILES string of the molecule is Cc1cc2c(=O)n(-c3cccc(Cl)c3)c(=O)n(CC(=O)Nc3ccc(C)c(C)c3)c2s1. The minimum atomic E-state index is -0.586. The summed E-state index contributed by atoms with van der Waals surface area (Å²) >= 11 is 7.38. The van der Waals surface area contributed by atoms with Crippen molar-refractivity contribution in [3.8, 4) is 5.69 Å². The van der Waals surface area contributed by atoms with Crippen molar-refractivity contribution < 1.29 is 4.79 Å². The quantitative estimate of drug-likeness (QED) is 0.496. The maximum Gasteiger partial charge on any atom is 0.337 e. The van der Waals surface area contributed by atoms with Crippen LogP contribution in [0.2, 0.25) is 5.02 Å². The standard InChI is InChI=1S/C23H20ClN3O3S/c1-13-7-8-17(9-14(13)2)25-20(28)12-26-22-19(10-15(3)31-22)21(29)27(23(26)30)18-6-4-5-16(24)11-18/h4-11H,12H2,1-3H3,(H,25,28). The molecule has 2 aromatic heterocycles. The zero-order chi connectivity index (χ0) is 22.3. The van der Waals surface area contributed by atoms with E-state index in [0.717, 1.165) is 20.6 Å². The third-order valence-electron chi connectivity index (χ3n) is 5.10. The molecular weight excluding hydrogens is 434 g/mol. The summed E-state index contributed by atoms with van der Waals surface area (Å²) in [5.74, 6) is -0.353. The topological polar surface area (TPSA) is 73.1 Å². The van der Waals surface area contributed by atoms with E-state index in [4.69, 9.17) is 11.6 Å². The summed E-state index contributed by atoms with van der Waals surface area (Å²) in [6, 6.07) is 13.9. The number of carbonyl (C=O) groups excluding carboxylic acids is 1. The van der Waals surface area contributed by atoms with Gasteiger partial charge in [0.05, 0.1) is 11.1 Å². The Morgan fingerprint density at radius 1 is 1.03 bits per heavy atom. The molecule has 0 aliphatic rings. The molecule has 0 atom stereocenters. The third-order valence-corrected chi connectivity index (χ3v) is 6.40. The van der Waals surface area contributed by atoms with Crippen LogP contribution < -0.4 is 16.6 Å². The molecule has 0 bridgehead atoms. The van der Waals surface area contributed by atoms with Gasteiger partial charge in [0.1, 0.15) is 11.4 Å². The Balaban J connectivity index is 1.81. The van der Waals surface area contributed by atoms with E-state index in [9.17, 15) is 14.4 Å². The Morgan fingerprint density at radius 3 is 2.52 bits per heavy atom. The second-order valence-electron chi connectivity index (χ2n) is 7.41. The maximum absolute atomic E-state index is 13.3. The molecule has 4 rings (SSSR count). The number of nitrogens with zero attached hydrogens (tertiary/aromatic N) is 2. The number of aromatic nitrogens is 2. The van der Waals surface area contributed by atoms with Gasteiger partial charge in [-0.1, -0.05) is 23.7 Å². The normalized spacial score (nSPS) is 11.1. The van der Waals surface area contributed by atoms with Crippen molar-refractivity contribution in [3.63, 3.8) is 0 Å². The molecule has 0 aliphatic carbocycles. The molecule has 1 N–H and O–H groups in total. The molecule has 0 saturated heterocycles. The summed E-state index contributed by atoms with van der Waals surface area (Å²) in [6.07, 6.45) is 0. The van der Waals surface area contributed by atoms with E-state index in [1.54, 1.807) is 30.3 Å². The van der Waals surface area contributed by atoms with Crippen LogP contribution in [0, 0.1) is 20.8 Å². The Kier molecular flexibility index (Phi) is 5.56. The monoisotopic (exact) mass is 453 g/mol. The average molecular weight is 454 g/mol. The number of rotatable bonds is 4. The maximum atomic E-state index is 13.3. The first-order chi connectivity index (χ1) is 14.7. The molecule has 0 fully saturated rings. The molecule has 0 spiro atoms. The molecule has 2 heterocycles. The van der Waals surface area contributed by atoms with Crippen molar-refractivity contribution in [2.75, 3.05) is 5.32 Å². The molecule has 4 aromatic rings. The van der Waals surface area contributed by atoms with Gasteiger partial charge < -0.3 is 5.32 Å². The van der Waals surface area contributed by atoms with Crippen LogP contribution in [0.15, 0.2) is 58.1 Å². The van der Waals surface area contributed by atoms with Crippen LogP contribution in [-0.4, -0.2) is 15.0 Å². The van der Waals surface area contributed by atoms with Crippen LogP contribution in [-0.2, 0) is 11.3 Å². The largest absolute Gasteiger partial charge is 0.337 e. The Bertz CT molecular complexity index is 1450. The Hall–Kier alpha value is -3.16. The molecule has 2 aromatic carbocycles. The molecule has 1 amide bonds. The molecule has 31 heavy (non-hydrogen) atoms. The van der Waals surface area contributed by atoms with Crippen molar-refractivity contribution in [2.45, 2.75) is 27.3 Å². The summed E-state index contributed by atoms with van der Waals surface area (Å²) in [5.41, 5.74) is 2.17. The van der Waals surface area contributed by atoms with Gasteiger partial charge in [-0.15, -0.1) is 11.3 Å². The van der Waals surface area contributed by atoms with E-state index in [1.165, 1.54) is 15.9 Å². The number of hydrogen-bond acceptors (Lipinski definition) is 4. The minimum absolute atomic E-state index is 0.219.